The summed E-state index contributed by atoms with van der Waals surface area (Å²) < 4.78 is 10.9. The van der Waals surface area contributed by atoms with Crippen molar-refractivity contribution < 1.29 is 18.7 Å². The summed E-state index contributed by atoms with van der Waals surface area (Å²) in [4.78, 5) is 28.7. The summed E-state index contributed by atoms with van der Waals surface area (Å²) in [5.41, 5.74) is 1.86. The van der Waals surface area contributed by atoms with Gasteiger partial charge in [0.2, 0.25) is 5.91 Å². The van der Waals surface area contributed by atoms with E-state index < -0.39 is 6.04 Å². The maximum Gasteiger partial charge on any atom is 0.290 e. The van der Waals surface area contributed by atoms with E-state index in [0.717, 1.165) is 11.1 Å². The molecular weight excluding hydrogens is 284 g/mol. The number of carbonyl (C=O) groups is 2. The van der Waals surface area contributed by atoms with Gasteiger partial charge in [-0.1, -0.05) is 0 Å². The number of piperazine rings is 1. The van der Waals surface area contributed by atoms with E-state index in [1.807, 2.05) is 13.8 Å². The zero-order chi connectivity index (χ0) is 16.0. The molecule has 6 nitrogen and oxygen atoms in total. The number of rotatable bonds is 1. The fraction of sp³-hybridized carbons (Fsp3) is 0.625. The molecule has 1 aromatic heterocycles. The molecule has 0 spiro atoms. The van der Waals surface area contributed by atoms with E-state index in [1.54, 1.807) is 30.0 Å². The normalized spacial score (nSPS) is 28.7. The standard InChI is InChI=1S/C16H22N2O4/c1-9-10(2)18(11(3)15(19)17(9)4)16(20)14-13-5-6-21-7-12(13)8-22-14/h8-11H,5-7H2,1-4H3. The molecule has 2 amide bonds. The summed E-state index contributed by atoms with van der Waals surface area (Å²) in [6.07, 6.45) is 2.27. The van der Waals surface area contributed by atoms with Gasteiger partial charge >= 0.3 is 0 Å². The van der Waals surface area contributed by atoms with Gasteiger partial charge < -0.3 is 19.0 Å². The smallest absolute Gasteiger partial charge is 0.290 e. The monoisotopic (exact) mass is 306 g/mol. The molecule has 1 aromatic rings. The lowest BCUT2D eigenvalue weighted by molar-refractivity contribution is -0.143. The van der Waals surface area contributed by atoms with Crippen molar-refractivity contribution in [3.05, 3.63) is 23.2 Å². The van der Waals surface area contributed by atoms with Crippen molar-refractivity contribution in [3.63, 3.8) is 0 Å². The van der Waals surface area contributed by atoms with Crippen LogP contribution in [0.5, 0.6) is 0 Å². The maximum absolute atomic E-state index is 13.0. The van der Waals surface area contributed by atoms with E-state index in [-0.39, 0.29) is 23.9 Å². The lowest BCUT2D eigenvalue weighted by Gasteiger charge is -2.46. The number of furan rings is 1. The Morgan fingerprint density at radius 3 is 2.73 bits per heavy atom. The van der Waals surface area contributed by atoms with Gasteiger partial charge in [-0.3, -0.25) is 9.59 Å². The van der Waals surface area contributed by atoms with Gasteiger partial charge in [-0.05, 0) is 20.8 Å². The van der Waals surface area contributed by atoms with Crippen LogP contribution in [0, 0.1) is 0 Å². The molecule has 22 heavy (non-hydrogen) atoms. The first kappa shape index (κ1) is 15.1. The number of likely N-dealkylation sites (N-methyl/N-ethyl adjacent to an activating group) is 1. The Morgan fingerprint density at radius 2 is 2.00 bits per heavy atom. The number of amides is 2. The highest BCUT2D eigenvalue weighted by molar-refractivity contribution is 5.97. The van der Waals surface area contributed by atoms with Crippen LogP contribution in [0.25, 0.3) is 0 Å². The molecule has 0 saturated carbocycles. The third kappa shape index (κ3) is 2.13. The predicted molar refractivity (Wildman–Crippen MR) is 79.4 cm³/mol. The van der Waals surface area contributed by atoms with Gasteiger partial charge in [-0.2, -0.15) is 0 Å². The number of hydrogen-bond acceptors (Lipinski definition) is 4. The minimum atomic E-state index is -0.482. The second kappa shape index (κ2) is 5.43. The van der Waals surface area contributed by atoms with Crippen molar-refractivity contribution >= 4 is 11.8 Å². The molecule has 120 valence electrons. The molecule has 3 heterocycles. The summed E-state index contributed by atoms with van der Waals surface area (Å²) in [5.74, 6) is 0.126. The summed E-state index contributed by atoms with van der Waals surface area (Å²) in [6.45, 7) is 6.78. The van der Waals surface area contributed by atoms with Gasteiger partial charge in [0.1, 0.15) is 6.04 Å². The molecule has 3 atom stereocenters. The summed E-state index contributed by atoms with van der Waals surface area (Å²) in [7, 11) is 1.79. The Kier molecular flexibility index (Phi) is 3.72. The van der Waals surface area contributed by atoms with Crippen molar-refractivity contribution in [2.75, 3.05) is 13.7 Å². The van der Waals surface area contributed by atoms with Crippen LogP contribution in [-0.4, -0.2) is 53.4 Å². The molecule has 1 fully saturated rings. The van der Waals surface area contributed by atoms with Crippen molar-refractivity contribution in [1.82, 2.24) is 9.80 Å². The Morgan fingerprint density at radius 1 is 1.27 bits per heavy atom. The van der Waals surface area contributed by atoms with Crippen LogP contribution in [0.2, 0.25) is 0 Å². The molecule has 0 aromatic carbocycles. The van der Waals surface area contributed by atoms with Gasteiger partial charge in [0.05, 0.1) is 25.5 Å². The van der Waals surface area contributed by atoms with Crippen LogP contribution < -0.4 is 0 Å². The molecular formula is C16H22N2O4. The molecule has 0 radical (unpaired) electrons. The highest BCUT2D eigenvalue weighted by atomic mass is 16.5. The largest absolute Gasteiger partial charge is 0.458 e. The SMILES string of the molecule is CC1C(C)N(C(=O)c2occ3c2CCOC3)C(C)C(=O)N1C. The first-order chi connectivity index (χ1) is 10.4. The summed E-state index contributed by atoms with van der Waals surface area (Å²) >= 11 is 0. The van der Waals surface area contributed by atoms with E-state index in [9.17, 15) is 9.59 Å². The number of nitrogens with zero attached hydrogens (tertiary/aromatic N) is 2. The molecule has 0 aliphatic carbocycles. The predicted octanol–water partition coefficient (Wildman–Crippen LogP) is 1.43. The molecule has 2 aliphatic rings. The minimum Gasteiger partial charge on any atom is -0.458 e. The van der Waals surface area contributed by atoms with Crippen LogP contribution in [-0.2, 0) is 22.6 Å². The second-order valence-corrected chi connectivity index (χ2v) is 6.19. The Labute approximate surface area is 130 Å². The molecule has 6 heteroatoms. The van der Waals surface area contributed by atoms with Crippen molar-refractivity contribution in [2.45, 2.75) is 51.9 Å². The van der Waals surface area contributed by atoms with E-state index >= 15 is 0 Å². The van der Waals surface area contributed by atoms with Gasteiger partial charge in [0.25, 0.3) is 5.91 Å². The lowest BCUT2D eigenvalue weighted by atomic mass is 9.98. The Balaban J connectivity index is 1.94. The van der Waals surface area contributed by atoms with Crippen LogP contribution >= 0.6 is 0 Å². The van der Waals surface area contributed by atoms with Gasteiger partial charge in [-0.25, -0.2) is 0 Å². The first-order valence-electron chi connectivity index (χ1n) is 7.69. The van der Waals surface area contributed by atoms with Crippen molar-refractivity contribution in [3.8, 4) is 0 Å². The second-order valence-electron chi connectivity index (χ2n) is 6.19. The topological polar surface area (TPSA) is 63.0 Å². The number of hydrogen-bond donors (Lipinski definition) is 0. The third-order valence-electron chi connectivity index (χ3n) is 5.03. The highest BCUT2D eigenvalue weighted by Gasteiger charge is 2.43. The highest BCUT2D eigenvalue weighted by Crippen LogP contribution is 2.28. The fourth-order valence-electron chi connectivity index (χ4n) is 3.35. The van der Waals surface area contributed by atoms with Crippen LogP contribution in [0.3, 0.4) is 0 Å². The zero-order valence-electron chi connectivity index (χ0n) is 13.5. The minimum absolute atomic E-state index is 0.0261. The van der Waals surface area contributed by atoms with E-state index in [4.69, 9.17) is 9.15 Å². The van der Waals surface area contributed by atoms with Crippen molar-refractivity contribution in [1.29, 1.82) is 0 Å². The Bertz CT molecular complexity index is 609. The number of ether oxygens (including phenoxy) is 1. The average Bonchev–Trinajstić information content (AvgIpc) is 2.95. The van der Waals surface area contributed by atoms with Crippen LogP contribution in [0.1, 0.15) is 42.5 Å². The van der Waals surface area contributed by atoms with Gasteiger partial charge in [0.15, 0.2) is 5.76 Å². The molecule has 2 aliphatic heterocycles. The van der Waals surface area contributed by atoms with Gasteiger partial charge in [0, 0.05) is 30.6 Å². The lowest BCUT2D eigenvalue weighted by Crippen LogP contribution is -2.64. The summed E-state index contributed by atoms with van der Waals surface area (Å²) in [5, 5.41) is 0. The molecule has 0 N–H and O–H groups in total. The summed E-state index contributed by atoms with van der Waals surface area (Å²) in [6, 6.07) is -0.572. The molecule has 3 rings (SSSR count). The van der Waals surface area contributed by atoms with Crippen molar-refractivity contribution in [2.24, 2.45) is 0 Å². The maximum atomic E-state index is 13.0. The van der Waals surface area contributed by atoms with Crippen LogP contribution in [0.4, 0.5) is 0 Å². The average molecular weight is 306 g/mol. The molecule has 1 saturated heterocycles. The quantitative estimate of drug-likeness (QED) is 0.787. The van der Waals surface area contributed by atoms with E-state index in [2.05, 4.69) is 0 Å². The molecule has 0 bridgehead atoms. The van der Waals surface area contributed by atoms with Gasteiger partial charge in [-0.15, -0.1) is 0 Å². The molecule has 3 unspecified atom stereocenters. The Hall–Kier alpha value is -1.82. The zero-order valence-corrected chi connectivity index (χ0v) is 13.5. The third-order valence-corrected chi connectivity index (χ3v) is 5.03. The fourth-order valence-corrected chi connectivity index (χ4v) is 3.35. The van der Waals surface area contributed by atoms with Crippen LogP contribution in [0.15, 0.2) is 10.7 Å². The first-order valence-corrected chi connectivity index (χ1v) is 7.69. The van der Waals surface area contributed by atoms with E-state index in [1.165, 1.54) is 0 Å². The number of carbonyl (C=O) groups excluding carboxylic acids is 2. The number of fused-ring (bicyclic) bond motifs is 1. The van der Waals surface area contributed by atoms with E-state index in [0.29, 0.717) is 25.4 Å².